The Morgan fingerprint density at radius 2 is 1.52 bits per heavy atom. The Kier molecular flexibility index (Phi) is 5.13. The molecule has 23 heavy (non-hydrogen) atoms. The number of rotatable bonds is 4. The lowest BCUT2D eigenvalue weighted by Crippen LogP contribution is -2.44. The quantitative estimate of drug-likeness (QED) is 0.824. The van der Waals surface area contributed by atoms with E-state index in [9.17, 15) is 18.0 Å². The van der Waals surface area contributed by atoms with Crippen LogP contribution in [0.3, 0.4) is 0 Å². The predicted octanol–water partition coefficient (Wildman–Crippen LogP) is 1.23. The fourth-order valence-electron chi connectivity index (χ4n) is 1.83. The van der Waals surface area contributed by atoms with E-state index in [1.165, 1.54) is 12.1 Å². The van der Waals surface area contributed by atoms with E-state index in [1.807, 2.05) is 6.92 Å². The Morgan fingerprint density at radius 3 is 2.13 bits per heavy atom. The number of carbonyl (C=O) groups is 2. The zero-order valence-electron chi connectivity index (χ0n) is 12.4. The van der Waals surface area contributed by atoms with Crippen LogP contribution >= 0.6 is 0 Å². The highest BCUT2D eigenvalue weighted by Crippen LogP contribution is 2.11. The van der Waals surface area contributed by atoms with Gasteiger partial charge in [-0.2, -0.15) is 0 Å². The molecule has 0 radical (unpaired) electrons. The van der Waals surface area contributed by atoms with Crippen molar-refractivity contribution in [3.8, 4) is 0 Å². The van der Waals surface area contributed by atoms with Gasteiger partial charge in [0.2, 0.25) is 0 Å². The number of hydrogen-bond acceptors (Lipinski definition) is 4. The topological polar surface area (TPSA) is 92.3 Å². The van der Waals surface area contributed by atoms with Crippen LogP contribution in [0.15, 0.2) is 59.5 Å². The molecule has 2 N–H and O–H groups in total. The van der Waals surface area contributed by atoms with E-state index < -0.39 is 27.4 Å². The van der Waals surface area contributed by atoms with Crippen LogP contribution in [0, 0.1) is 6.92 Å². The van der Waals surface area contributed by atoms with Gasteiger partial charge in [0.25, 0.3) is 11.8 Å². The van der Waals surface area contributed by atoms with Crippen LogP contribution < -0.4 is 10.9 Å². The molecule has 7 heteroatoms. The zero-order chi connectivity index (χ0) is 16.9. The second-order valence-electron chi connectivity index (χ2n) is 4.94. The number of hydrogen-bond donors (Lipinski definition) is 2. The lowest BCUT2D eigenvalue weighted by atomic mass is 10.2. The second-order valence-corrected chi connectivity index (χ2v) is 6.93. The number of nitrogens with one attached hydrogen (secondary N) is 2. The summed E-state index contributed by atoms with van der Waals surface area (Å²) >= 11 is 0. The van der Waals surface area contributed by atoms with E-state index in [0.717, 1.165) is 5.56 Å². The third-order valence-electron chi connectivity index (χ3n) is 3.05. The second kappa shape index (κ2) is 7.06. The molecule has 2 rings (SSSR count). The summed E-state index contributed by atoms with van der Waals surface area (Å²) in [7, 11) is -3.75. The van der Waals surface area contributed by atoms with Gasteiger partial charge in [-0.25, -0.2) is 8.42 Å². The van der Waals surface area contributed by atoms with Crippen molar-refractivity contribution in [2.24, 2.45) is 0 Å². The molecule has 0 atom stereocenters. The van der Waals surface area contributed by atoms with Gasteiger partial charge >= 0.3 is 0 Å². The maximum Gasteiger partial charge on any atom is 0.269 e. The predicted molar refractivity (Wildman–Crippen MR) is 85.3 cm³/mol. The third-order valence-corrected chi connectivity index (χ3v) is 4.69. The lowest BCUT2D eigenvalue weighted by Gasteiger charge is -2.08. The van der Waals surface area contributed by atoms with E-state index in [1.54, 1.807) is 42.5 Å². The van der Waals surface area contributed by atoms with Crippen LogP contribution in [0.5, 0.6) is 0 Å². The van der Waals surface area contributed by atoms with Gasteiger partial charge in [0.1, 0.15) is 5.75 Å². The maximum atomic E-state index is 12.1. The van der Waals surface area contributed by atoms with Crippen molar-refractivity contribution in [2.45, 2.75) is 11.8 Å². The van der Waals surface area contributed by atoms with Gasteiger partial charge in [-0.15, -0.1) is 0 Å². The molecule has 0 aromatic heterocycles. The van der Waals surface area contributed by atoms with Crippen LogP contribution in [-0.4, -0.2) is 26.0 Å². The van der Waals surface area contributed by atoms with Gasteiger partial charge in [-0.3, -0.25) is 20.4 Å². The SMILES string of the molecule is Cc1ccc(S(=O)(=O)CC(=O)NNC(=O)c2ccccc2)cc1. The van der Waals surface area contributed by atoms with Crippen LogP contribution in [0.25, 0.3) is 0 Å². The van der Waals surface area contributed by atoms with E-state index in [4.69, 9.17) is 0 Å². The molecular formula is C16H16N2O4S. The van der Waals surface area contributed by atoms with Gasteiger partial charge < -0.3 is 0 Å². The summed E-state index contributed by atoms with van der Waals surface area (Å²) in [4.78, 5) is 23.5. The zero-order valence-corrected chi connectivity index (χ0v) is 13.3. The van der Waals surface area contributed by atoms with Gasteiger partial charge in [-0.05, 0) is 31.2 Å². The maximum absolute atomic E-state index is 12.1. The fourth-order valence-corrected chi connectivity index (χ4v) is 2.96. The molecule has 0 aliphatic heterocycles. The largest absolute Gasteiger partial charge is 0.272 e. The lowest BCUT2D eigenvalue weighted by molar-refractivity contribution is -0.119. The molecule has 0 fully saturated rings. The first-order valence-electron chi connectivity index (χ1n) is 6.82. The summed E-state index contributed by atoms with van der Waals surface area (Å²) in [6.45, 7) is 1.84. The summed E-state index contributed by atoms with van der Waals surface area (Å²) in [6.07, 6.45) is 0. The van der Waals surface area contributed by atoms with Crippen molar-refractivity contribution < 1.29 is 18.0 Å². The van der Waals surface area contributed by atoms with E-state index >= 15 is 0 Å². The van der Waals surface area contributed by atoms with Gasteiger partial charge in [0.05, 0.1) is 4.90 Å². The fraction of sp³-hybridized carbons (Fsp3) is 0.125. The number of sulfone groups is 1. The van der Waals surface area contributed by atoms with E-state index in [0.29, 0.717) is 5.56 Å². The van der Waals surface area contributed by atoms with Crippen molar-refractivity contribution in [3.05, 3.63) is 65.7 Å². The first-order valence-corrected chi connectivity index (χ1v) is 8.47. The Balaban J connectivity index is 1.94. The molecule has 2 amide bonds. The third kappa shape index (κ3) is 4.65. The standard InChI is InChI=1S/C16H16N2O4S/c1-12-7-9-14(10-8-12)23(21,22)11-15(19)17-18-16(20)13-5-3-2-4-6-13/h2-10H,11H2,1H3,(H,17,19)(H,18,20). The van der Waals surface area contributed by atoms with Crippen molar-refractivity contribution in [1.29, 1.82) is 0 Å². The van der Waals surface area contributed by atoms with Crippen molar-refractivity contribution in [1.82, 2.24) is 10.9 Å². The monoisotopic (exact) mass is 332 g/mol. The van der Waals surface area contributed by atoms with Crippen molar-refractivity contribution >= 4 is 21.7 Å². The number of hydrazine groups is 1. The summed E-state index contributed by atoms with van der Waals surface area (Å²) in [6, 6.07) is 14.5. The molecular weight excluding hydrogens is 316 g/mol. The number of carbonyl (C=O) groups excluding carboxylic acids is 2. The summed E-state index contributed by atoms with van der Waals surface area (Å²) in [5.74, 6) is -2.08. The molecule has 0 spiro atoms. The minimum absolute atomic E-state index is 0.0626. The Bertz CT molecular complexity index is 800. The summed E-state index contributed by atoms with van der Waals surface area (Å²) < 4.78 is 24.2. The highest BCUT2D eigenvalue weighted by Gasteiger charge is 2.19. The molecule has 2 aromatic rings. The molecule has 0 heterocycles. The molecule has 6 nitrogen and oxygen atoms in total. The smallest absolute Gasteiger partial charge is 0.269 e. The molecule has 0 unspecified atom stereocenters. The summed E-state index contributed by atoms with van der Waals surface area (Å²) in [5.41, 5.74) is 5.56. The molecule has 0 bridgehead atoms. The molecule has 0 saturated heterocycles. The van der Waals surface area contributed by atoms with Crippen molar-refractivity contribution in [3.63, 3.8) is 0 Å². The van der Waals surface area contributed by atoms with E-state index in [-0.39, 0.29) is 4.90 Å². The molecule has 2 aromatic carbocycles. The van der Waals surface area contributed by atoms with Crippen LogP contribution in [0.4, 0.5) is 0 Å². The molecule has 0 aliphatic carbocycles. The highest BCUT2D eigenvalue weighted by atomic mass is 32.2. The van der Waals surface area contributed by atoms with Crippen LogP contribution in [-0.2, 0) is 14.6 Å². The van der Waals surface area contributed by atoms with Crippen LogP contribution in [0.2, 0.25) is 0 Å². The first kappa shape index (κ1) is 16.7. The minimum atomic E-state index is -3.75. The number of aryl methyl sites for hydroxylation is 1. The average molecular weight is 332 g/mol. The van der Waals surface area contributed by atoms with Crippen molar-refractivity contribution in [2.75, 3.05) is 5.75 Å². The normalized spacial score (nSPS) is 10.8. The highest BCUT2D eigenvalue weighted by molar-refractivity contribution is 7.92. The number of benzene rings is 2. The minimum Gasteiger partial charge on any atom is -0.272 e. The Labute approximate surface area is 134 Å². The molecule has 120 valence electrons. The summed E-state index contributed by atoms with van der Waals surface area (Å²) in [5, 5.41) is 0. The Morgan fingerprint density at radius 1 is 0.913 bits per heavy atom. The van der Waals surface area contributed by atoms with Crippen LogP contribution in [0.1, 0.15) is 15.9 Å². The van der Waals surface area contributed by atoms with E-state index in [2.05, 4.69) is 10.9 Å². The first-order chi connectivity index (χ1) is 10.9. The van der Waals surface area contributed by atoms with Gasteiger partial charge in [0.15, 0.2) is 9.84 Å². The number of amides is 2. The average Bonchev–Trinajstić information content (AvgIpc) is 2.53. The molecule has 0 saturated carbocycles. The van der Waals surface area contributed by atoms with Gasteiger partial charge in [-0.1, -0.05) is 35.9 Å². The van der Waals surface area contributed by atoms with Gasteiger partial charge in [0, 0.05) is 5.56 Å². The Hall–Kier alpha value is -2.67. The molecule has 0 aliphatic rings.